The monoisotopic (exact) mass is 361 g/mol. The summed E-state index contributed by atoms with van der Waals surface area (Å²) in [6.45, 7) is 7.82. The molecule has 2 rings (SSSR count). The molecule has 1 aromatic heterocycles. The van der Waals surface area contributed by atoms with Gasteiger partial charge in [0.2, 0.25) is 5.95 Å². The molecule has 0 fully saturated rings. The maximum atomic E-state index is 11.9. The van der Waals surface area contributed by atoms with E-state index in [0.29, 0.717) is 28.0 Å². The highest BCUT2D eigenvalue weighted by atomic mass is 35.5. The van der Waals surface area contributed by atoms with Crippen molar-refractivity contribution in [1.29, 1.82) is 0 Å². The fourth-order valence-electron chi connectivity index (χ4n) is 1.82. The summed E-state index contributed by atoms with van der Waals surface area (Å²) in [5, 5.41) is 9.10. The number of carbonyl (C=O) groups is 1. The van der Waals surface area contributed by atoms with Crippen molar-refractivity contribution in [2.45, 2.75) is 27.7 Å². The third-order valence-electron chi connectivity index (χ3n) is 3.14. The number of nitrogens with zero attached hydrogens (tertiary/aromatic N) is 2. The molecule has 0 aliphatic heterocycles. The van der Waals surface area contributed by atoms with E-state index in [-0.39, 0.29) is 5.91 Å². The first-order valence-corrected chi connectivity index (χ1v) is 8.43. The van der Waals surface area contributed by atoms with Gasteiger partial charge in [-0.2, -0.15) is 4.98 Å². The average Bonchev–Trinajstić information content (AvgIpc) is 2.65. The third kappa shape index (κ3) is 5.76. The number of halogens is 1. The van der Waals surface area contributed by atoms with Crippen LogP contribution in [0.15, 0.2) is 42.2 Å². The Morgan fingerprint density at radius 3 is 2.56 bits per heavy atom. The van der Waals surface area contributed by atoms with Gasteiger partial charge in [-0.1, -0.05) is 43.7 Å². The highest BCUT2D eigenvalue weighted by Crippen LogP contribution is 2.26. The molecule has 7 heteroatoms. The second-order valence-corrected chi connectivity index (χ2v) is 5.14. The first-order chi connectivity index (χ1) is 12.0. The SMILES string of the molecule is C/C=C(\C)Nc1ncc(Cl)c(Nc2ccccc2C(=O)NC)n1.CC. The fraction of sp³-hybridized carbons (Fsp3) is 0.278. The molecular formula is C18H24ClN5O. The number of amides is 1. The van der Waals surface area contributed by atoms with E-state index >= 15 is 0 Å². The van der Waals surface area contributed by atoms with Crippen molar-refractivity contribution in [1.82, 2.24) is 15.3 Å². The molecule has 0 aliphatic rings. The summed E-state index contributed by atoms with van der Waals surface area (Å²) in [6.07, 6.45) is 3.41. The minimum absolute atomic E-state index is 0.193. The first kappa shape index (κ1) is 20.4. The van der Waals surface area contributed by atoms with Crippen molar-refractivity contribution in [3.05, 3.63) is 52.8 Å². The van der Waals surface area contributed by atoms with Crippen LogP contribution in [0.2, 0.25) is 5.02 Å². The van der Waals surface area contributed by atoms with Gasteiger partial charge in [-0.15, -0.1) is 0 Å². The van der Waals surface area contributed by atoms with Crippen molar-refractivity contribution in [2.75, 3.05) is 17.7 Å². The Hall–Kier alpha value is -2.60. The predicted molar refractivity (Wildman–Crippen MR) is 105 cm³/mol. The summed E-state index contributed by atoms with van der Waals surface area (Å²) in [5.74, 6) is 0.649. The third-order valence-corrected chi connectivity index (χ3v) is 3.41. The van der Waals surface area contributed by atoms with Gasteiger partial charge in [-0.05, 0) is 26.0 Å². The molecule has 6 nitrogen and oxygen atoms in total. The molecule has 0 saturated heterocycles. The molecule has 0 spiro atoms. The normalized spacial score (nSPS) is 10.4. The molecule has 3 N–H and O–H groups in total. The summed E-state index contributed by atoms with van der Waals surface area (Å²) in [7, 11) is 1.58. The molecule has 1 aromatic carbocycles. The number of hydrogen-bond donors (Lipinski definition) is 3. The summed E-state index contributed by atoms with van der Waals surface area (Å²) in [4.78, 5) is 20.4. The second kappa shape index (κ2) is 10.3. The molecule has 0 saturated carbocycles. The van der Waals surface area contributed by atoms with Crippen molar-refractivity contribution in [3.63, 3.8) is 0 Å². The number of anilines is 3. The lowest BCUT2D eigenvalue weighted by Gasteiger charge is -2.12. The van der Waals surface area contributed by atoms with Gasteiger partial charge in [0.05, 0.1) is 17.4 Å². The maximum absolute atomic E-state index is 11.9. The standard InChI is InChI=1S/C16H18ClN5O.C2H6/c1-4-10(2)20-16-19-9-12(17)14(22-16)21-13-8-6-5-7-11(13)15(23)18-3;1-2/h4-9H,1-3H3,(H,18,23)(H2,19,20,21,22);1-2H3/b10-4+;. The van der Waals surface area contributed by atoms with Crippen LogP contribution in [0, 0.1) is 0 Å². The molecular weight excluding hydrogens is 338 g/mol. The zero-order chi connectivity index (χ0) is 18.8. The van der Waals surface area contributed by atoms with Gasteiger partial charge in [0.1, 0.15) is 5.02 Å². The van der Waals surface area contributed by atoms with Gasteiger partial charge in [0.25, 0.3) is 5.91 Å². The van der Waals surface area contributed by atoms with Crippen LogP contribution in [0.4, 0.5) is 17.5 Å². The van der Waals surface area contributed by atoms with Crippen LogP contribution in [0.5, 0.6) is 0 Å². The van der Waals surface area contributed by atoms with E-state index in [1.165, 1.54) is 6.20 Å². The van der Waals surface area contributed by atoms with E-state index in [0.717, 1.165) is 5.70 Å². The zero-order valence-electron chi connectivity index (χ0n) is 15.1. The number of para-hydroxylation sites is 1. The highest BCUT2D eigenvalue weighted by molar-refractivity contribution is 6.33. The lowest BCUT2D eigenvalue weighted by atomic mass is 10.1. The molecule has 134 valence electrons. The average molecular weight is 362 g/mol. The quantitative estimate of drug-likeness (QED) is 0.725. The number of carbonyl (C=O) groups excluding carboxylic acids is 1. The topological polar surface area (TPSA) is 78.9 Å². The minimum Gasteiger partial charge on any atom is -0.355 e. The predicted octanol–water partition coefficient (Wildman–Crippen LogP) is 4.60. The van der Waals surface area contributed by atoms with Gasteiger partial charge in [0, 0.05) is 12.7 Å². The molecule has 0 unspecified atom stereocenters. The maximum Gasteiger partial charge on any atom is 0.253 e. The summed E-state index contributed by atoms with van der Waals surface area (Å²) >= 11 is 6.15. The summed E-state index contributed by atoms with van der Waals surface area (Å²) < 4.78 is 0. The Morgan fingerprint density at radius 1 is 1.24 bits per heavy atom. The Labute approximate surface area is 153 Å². The van der Waals surface area contributed by atoms with Gasteiger partial charge in [0.15, 0.2) is 5.82 Å². The van der Waals surface area contributed by atoms with E-state index in [1.807, 2.05) is 39.8 Å². The van der Waals surface area contributed by atoms with Crippen molar-refractivity contribution in [3.8, 4) is 0 Å². The molecule has 0 atom stereocenters. The zero-order valence-corrected chi connectivity index (χ0v) is 15.9. The van der Waals surface area contributed by atoms with E-state index in [1.54, 1.807) is 25.2 Å². The fourth-order valence-corrected chi connectivity index (χ4v) is 1.95. The Morgan fingerprint density at radius 2 is 1.92 bits per heavy atom. The summed E-state index contributed by atoms with van der Waals surface area (Å²) in [6, 6.07) is 7.12. The van der Waals surface area contributed by atoms with E-state index < -0.39 is 0 Å². The van der Waals surface area contributed by atoms with Gasteiger partial charge >= 0.3 is 0 Å². The van der Waals surface area contributed by atoms with Crippen molar-refractivity contribution >= 4 is 35.0 Å². The summed E-state index contributed by atoms with van der Waals surface area (Å²) in [5.41, 5.74) is 2.04. The van der Waals surface area contributed by atoms with Crippen LogP contribution in [-0.2, 0) is 0 Å². The molecule has 1 amide bonds. The number of benzene rings is 1. The molecule has 2 aromatic rings. The van der Waals surface area contributed by atoms with Crippen LogP contribution in [0.3, 0.4) is 0 Å². The Kier molecular flexibility index (Phi) is 8.43. The van der Waals surface area contributed by atoms with Gasteiger partial charge < -0.3 is 16.0 Å². The number of hydrogen-bond acceptors (Lipinski definition) is 5. The first-order valence-electron chi connectivity index (χ1n) is 8.05. The number of rotatable bonds is 5. The van der Waals surface area contributed by atoms with E-state index in [2.05, 4.69) is 25.9 Å². The largest absolute Gasteiger partial charge is 0.355 e. The van der Waals surface area contributed by atoms with Crippen molar-refractivity contribution in [2.24, 2.45) is 0 Å². The lowest BCUT2D eigenvalue weighted by Crippen LogP contribution is -2.19. The molecule has 25 heavy (non-hydrogen) atoms. The van der Waals surface area contributed by atoms with Crippen LogP contribution < -0.4 is 16.0 Å². The number of nitrogens with one attached hydrogen (secondary N) is 3. The van der Waals surface area contributed by atoms with Crippen LogP contribution in [0.25, 0.3) is 0 Å². The smallest absolute Gasteiger partial charge is 0.253 e. The van der Waals surface area contributed by atoms with Crippen LogP contribution in [0.1, 0.15) is 38.1 Å². The minimum atomic E-state index is -0.193. The van der Waals surface area contributed by atoms with Gasteiger partial charge in [-0.25, -0.2) is 4.98 Å². The lowest BCUT2D eigenvalue weighted by molar-refractivity contribution is 0.0964. The molecule has 0 radical (unpaired) electrons. The Balaban J connectivity index is 0.00000151. The number of allylic oxidation sites excluding steroid dienone is 2. The van der Waals surface area contributed by atoms with Crippen LogP contribution >= 0.6 is 11.6 Å². The number of aromatic nitrogens is 2. The van der Waals surface area contributed by atoms with E-state index in [9.17, 15) is 4.79 Å². The molecule has 1 heterocycles. The van der Waals surface area contributed by atoms with Crippen LogP contribution in [-0.4, -0.2) is 22.9 Å². The van der Waals surface area contributed by atoms with Gasteiger partial charge in [-0.3, -0.25) is 4.79 Å². The molecule has 0 aliphatic carbocycles. The van der Waals surface area contributed by atoms with Crippen molar-refractivity contribution < 1.29 is 4.79 Å². The van der Waals surface area contributed by atoms with E-state index in [4.69, 9.17) is 11.6 Å². The second-order valence-electron chi connectivity index (χ2n) is 4.74. The Bertz CT molecular complexity index is 746. The highest BCUT2D eigenvalue weighted by Gasteiger charge is 2.12. The molecule has 0 bridgehead atoms.